The predicted molar refractivity (Wildman–Crippen MR) is 56.5 cm³/mol. The lowest BCUT2D eigenvalue weighted by Gasteiger charge is -2.07. The molecule has 0 aliphatic rings. The van der Waals surface area contributed by atoms with Gasteiger partial charge in [0, 0.05) is 13.0 Å². The van der Waals surface area contributed by atoms with Crippen molar-refractivity contribution in [2.75, 3.05) is 13.2 Å². The molecule has 1 N–H and O–H groups in total. The lowest BCUT2D eigenvalue weighted by Crippen LogP contribution is -2.30. The fourth-order valence-electron chi connectivity index (χ4n) is 1.07. The van der Waals surface area contributed by atoms with Crippen LogP contribution in [-0.4, -0.2) is 25.2 Å². The number of rotatable bonds is 6. The van der Waals surface area contributed by atoms with E-state index in [0.717, 1.165) is 5.76 Å². The Bertz CT molecular complexity index is 280. The van der Waals surface area contributed by atoms with Crippen molar-refractivity contribution in [3.8, 4) is 0 Å². The molecular weight excluding hydrogens is 194 g/mol. The molecule has 0 aliphatic carbocycles. The van der Waals surface area contributed by atoms with Crippen molar-refractivity contribution in [3.63, 3.8) is 0 Å². The van der Waals surface area contributed by atoms with E-state index < -0.39 is 0 Å². The molecule has 0 unspecified atom stereocenters. The van der Waals surface area contributed by atoms with Crippen molar-refractivity contribution in [1.29, 1.82) is 0 Å². The van der Waals surface area contributed by atoms with Crippen LogP contribution in [0, 0.1) is 0 Å². The molecule has 1 rings (SSSR count). The van der Waals surface area contributed by atoms with Crippen LogP contribution in [0.4, 0.5) is 0 Å². The highest BCUT2D eigenvalue weighted by Gasteiger charge is 2.03. The zero-order chi connectivity index (χ0) is 11.1. The van der Waals surface area contributed by atoms with E-state index in [0.29, 0.717) is 13.0 Å². The molecule has 1 aromatic heterocycles. The standard InChI is InChI=1S/C11H17NO3/c1-9(2)15-8-11(13)12-6-5-10-4-3-7-14-10/h3-4,7,9H,5-6,8H2,1-2H3,(H,12,13). The van der Waals surface area contributed by atoms with Crippen molar-refractivity contribution in [3.05, 3.63) is 24.2 Å². The van der Waals surface area contributed by atoms with Gasteiger partial charge in [-0.05, 0) is 26.0 Å². The minimum Gasteiger partial charge on any atom is -0.469 e. The minimum absolute atomic E-state index is 0.0841. The summed E-state index contributed by atoms with van der Waals surface area (Å²) >= 11 is 0. The summed E-state index contributed by atoms with van der Waals surface area (Å²) in [6, 6.07) is 3.72. The van der Waals surface area contributed by atoms with E-state index in [2.05, 4.69) is 5.32 Å². The van der Waals surface area contributed by atoms with E-state index in [1.807, 2.05) is 26.0 Å². The normalized spacial score (nSPS) is 10.6. The molecule has 0 saturated heterocycles. The topological polar surface area (TPSA) is 51.5 Å². The molecule has 0 aliphatic heterocycles. The number of amides is 1. The molecule has 1 aromatic rings. The monoisotopic (exact) mass is 211 g/mol. The molecule has 15 heavy (non-hydrogen) atoms. The van der Waals surface area contributed by atoms with Gasteiger partial charge in [0.15, 0.2) is 0 Å². The van der Waals surface area contributed by atoms with Crippen molar-refractivity contribution < 1.29 is 13.9 Å². The van der Waals surface area contributed by atoms with Gasteiger partial charge in [0.25, 0.3) is 0 Å². The molecule has 1 amide bonds. The summed E-state index contributed by atoms with van der Waals surface area (Å²) in [5, 5.41) is 2.75. The zero-order valence-corrected chi connectivity index (χ0v) is 9.16. The van der Waals surface area contributed by atoms with E-state index in [4.69, 9.17) is 9.15 Å². The van der Waals surface area contributed by atoms with Crippen LogP contribution in [0.15, 0.2) is 22.8 Å². The van der Waals surface area contributed by atoms with Gasteiger partial charge in [-0.1, -0.05) is 0 Å². The smallest absolute Gasteiger partial charge is 0.246 e. The van der Waals surface area contributed by atoms with E-state index in [1.54, 1.807) is 6.26 Å². The van der Waals surface area contributed by atoms with Gasteiger partial charge in [-0.15, -0.1) is 0 Å². The third-order valence-corrected chi connectivity index (χ3v) is 1.82. The molecule has 0 bridgehead atoms. The first-order chi connectivity index (χ1) is 7.18. The maximum absolute atomic E-state index is 11.2. The second-order valence-corrected chi connectivity index (χ2v) is 3.54. The van der Waals surface area contributed by atoms with Gasteiger partial charge in [-0.2, -0.15) is 0 Å². The SMILES string of the molecule is CC(C)OCC(=O)NCCc1ccco1. The average Bonchev–Trinajstić information content (AvgIpc) is 2.67. The van der Waals surface area contributed by atoms with Crippen LogP contribution in [0.3, 0.4) is 0 Å². The maximum atomic E-state index is 11.2. The Morgan fingerprint density at radius 3 is 3.00 bits per heavy atom. The highest BCUT2D eigenvalue weighted by Crippen LogP contribution is 1.99. The Morgan fingerprint density at radius 1 is 1.60 bits per heavy atom. The van der Waals surface area contributed by atoms with Gasteiger partial charge < -0.3 is 14.5 Å². The Labute approximate surface area is 89.6 Å². The molecule has 4 nitrogen and oxygen atoms in total. The Balaban J connectivity index is 2.07. The second-order valence-electron chi connectivity index (χ2n) is 3.54. The number of carbonyl (C=O) groups is 1. The highest BCUT2D eigenvalue weighted by molar-refractivity contribution is 5.77. The summed E-state index contributed by atoms with van der Waals surface area (Å²) in [5.74, 6) is 0.787. The highest BCUT2D eigenvalue weighted by atomic mass is 16.5. The summed E-state index contributed by atoms with van der Waals surface area (Å²) in [6.07, 6.45) is 2.42. The van der Waals surface area contributed by atoms with E-state index in [-0.39, 0.29) is 18.6 Å². The molecule has 0 spiro atoms. The molecule has 0 aromatic carbocycles. The van der Waals surface area contributed by atoms with Crippen LogP contribution in [0.1, 0.15) is 19.6 Å². The summed E-state index contributed by atoms with van der Waals surface area (Å²) in [5.41, 5.74) is 0. The van der Waals surface area contributed by atoms with Crippen LogP contribution >= 0.6 is 0 Å². The van der Waals surface area contributed by atoms with Gasteiger partial charge in [0.05, 0.1) is 12.4 Å². The fraction of sp³-hybridized carbons (Fsp3) is 0.545. The zero-order valence-electron chi connectivity index (χ0n) is 9.16. The molecule has 1 heterocycles. The van der Waals surface area contributed by atoms with Crippen LogP contribution in [0.2, 0.25) is 0 Å². The van der Waals surface area contributed by atoms with Crippen molar-refractivity contribution >= 4 is 5.91 Å². The number of hydrogen-bond donors (Lipinski definition) is 1. The Hall–Kier alpha value is -1.29. The molecule has 0 saturated carbocycles. The van der Waals surface area contributed by atoms with Crippen LogP contribution < -0.4 is 5.32 Å². The maximum Gasteiger partial charge on any atom is 0.246 e. The fourth-order valence-corrected chi connectivity index (χ4v) is 1.07. The minimum atomic E-state index is -0.0877. The second kappa shape index (κ2) is 6.24. The number of nitrogens with one attached hydrogen (secondary N) is 1. The molecule has 0 radical (unpaired) electrons. The third-order valence-electron chi connectivity index (χ3n) is 1.82. The lowest BCUT2D eigenvalue weighted by molar-refractivity contribution is -0.127. The van der Waals surface area contributed by atoms with Gasteiger partial charge in [0.1, 0.15) is 12.4 Å². The summed E-state index contributed by atoms with van der Waals surface area (Å²) in [7, 11) is 0. The molecule has 0 fully saturated rings. The van der Waals surface area contributed by atoms with Crippen LogP contribution in [0.5, 0.6) is 0 Å². The quantitative estimate of drug-likeness (QED) is 0.773. The third kappa shape index (κ3) is 5.22. The lowest BCUT2D eigenvalue weighted by atomic mass is 10.3. The van der Waals surface area contributed by atoms with Crippen molar-refractivity contribution in [1.82, 2.24) is 5.32 Å². The van der Waals surface area contributed by atoms with Crippen LogP contribution in [-0.2, 0) is 16.0 Å². The van der Waals surface area contributed by atoms with Crippen molar-refractivity contribution in [2.24, 2.45) is 0 Å². The number of hydrogen-bond acceptors (Lipinski definition) is 3. The summed E-state index contributed by atoms with van der Waals surface area (Å²) < 4.78 is 10.3. The predicted octanol–water partition coefficient (Wildman–Crippen LogP) is 1.36. The van der Waals surface area contributed by atoms with Gasteiger partial charge in [0.2, 0.25) is 5.91 Å². The molecular formula is C11H17NO3. The first kappa shape index (κ1) is 11.8. The summed E-state index contributed by atoms with van der Waals surface area (Å²) in [6.45, 7) is 4.50. The van der Waals surface area contributed by atoms with Gasteiger partial charge in [-0.3, -0.25) is 4.79 Å². The molecule has 84 valence electrons. The Morgan fingerprint density at radius 2 is 2.40 bits per heavy atom. The number of ether oxygens (including phenoxy) is 1. The largest absolute Gasteiger partial charge is 0.469 e. The number of furan rings is 1. The molecule has 4 heteroatoms. The Kier molecular flexibility index (Phi) is 4.90. The van der Waals surface area contributed by atoms with E-state index >= 15 is 0 Å². The van der Waals surface area contributed by atoms with Crippen LogP contribution in [0.25, 0.3) is 0 Å². The van der Waals surface area contributed by atoms with Gasteiger partial charge >= 0.3 is 0 Å². The average molecular weight is 211 g/mol. The van der Waals surface area contributed by atoms with Crippen molar-refractivity contribution in [2.45, 2.75) is 26.4 Å². The summed E-state index contributed by atoms with van der Waals surface area (Å²) in [4.78, 5) is 11.2. The first-order valence-corrected chi connectivity index (χ1v) is 5.09. The van der Waals surface area contributed by atoms with E-state index in [9.17, 15) is 4.79 Å². The van der Waals surface area contributed by atoms with E-state index in [1.165, 1.54) is 0 Å². The first-order valence-electron chi connectivity index (χ1n) is 5.09. The number of carbonyl (C=O) groups excluding carboxylic acids is 1. The molecule has 0 atom stereocenters. The van der Waals surface area contributed by atoms with Gasteiger partial charge in [-0.25, -0.2) is 0 Å².